The Morgan fingerprint density at radius 3 is 2.69 bits per heavy atom. The SMILES string of the molecule is CNCC(=O)Nc1cccc(S(C)=O)c1.Cl. The third-order valence-electron chi connectivity index (χ3n) is 1.79. The first-order valence-electron chi connectivity index (χ1n) is 4.51. The summed E-state index contributed by atoms with van der Waals surface area (Å²) in [7, 11) is 0.681. The van der Waals surface area contributed by atoms with Crippen molar-refractivity contribution in [2.45, 2.75) is 4.90 Å². The van der Waals surface area contributed by atoms with Crippen LogP contribution in [0.5, 0.6) is 0 Å². The van der Waals surface area contributed by atoms with E-state index >= 15 is 0 Å². The Hall–Kier alpha value is -0.910. The van der Waals surface area contributed by atoms with Crippen LogP contribution in [0.25, 0.3) is 0 Å². The van der Waals surface area contributed by atoms with Crippen LogP contribution in [-0.4, -0.2) is 30.0 Å². The van der Waals surface area contributed by atoms with Gasteiger partial charge in [-0.1, -0.05) is 6.07 Å². The van der Waals surface area contributed by atoms with Gasteiger partial charge < -0.3 is 10.6 Å². The van der Waals surface area contributed by atoms with E-state index in [2.05, 4.69) is 10.6 Å². The summed E-state index contributed by atoms with van der Waals surface area (Å²) in [5.74, 6) is -0.114. The predicted molar refractivity (Wildman–Crippen MR) is 68.6 cm³/mol. The number of amides is 1. The van der Waals surface area contributed by atoms with Crippen LogP contribution in [0.3, 0.4) is 0 Å². The first-order valence-corrected chi connectivity index (χ1v) is 6.07. The molecular weight excluding hydrogens is 248 g/mol. The number of carbonyl (C=O) groups is 1. The average Bonchev–Trinajstić information content (AvgIpc) is 2.18. The number of hydrogen-bond donors (Lipinski definition) is 2. The summed E-state index contributed by atoms with van der Waals surface area (Å²) < 4.78 is 11.2. The minimum absolute atomic E-state index is 0. The van der Waals surface area contributed by atoms with Gasteiger partial charge in [0.2, 0.25) is 5.91 Å². The zero-order valence-corrected chi connectivity index (χ0v) is 10.8. The second-order valence-electron chi connectivity index (χ2n) is 3.06. The van der Waals surface area contributed by atoms with Crippen LogP contribution >= 0.6 is 12.4 Å². The molecular formula is C10H15ClN2O2S. The standard InChI is InChI=1S/C10H14N2O2S.ClH/c1-11-7-10(13)12-8-4-3-5-9(6-8)15(2)14;/h3-6,11H,7H2,1-2H3,(H,12,13);1H. The molecule has 1 rings (SSSR count). The Morgan fingerprint density at radius 1 is 1.44 bits per heavy atom. The highest BCUT2D eigenvalue weighted by Crippen LogP contribution is 2.12. The molecule has 0 aliphatic heterocycles. The van der Waals surface area contributed by atoms with Gasteiger partial charge in [0.1, 0.15) is 0 Å². The Balaban J connectivity index is 0.00000225. The van der Waals surface area contributed by atoms with Crippen LogP contribution in [0.15, 0.2) is 29.2 Å². The summed E-state index contributed by atoms with van der Waals surface area (Å²) in [4.78, 5) is 11.9. The molecule has 0 saturated carbocycles. The highest BCUT2D eigenvalue weighted by Gasteiger charge is 2.02. The van der Waals surface area contributed by atoms with Crippen LogP contribution in [0.4, 0.5) is 5.69 Å². The van der Waals surface area contributed by atoms with Gasteiger partial charge >= 0.3 is 0 Å². The van der Waals surface area contributed by atoms with Gasteiger partial charge in [0.25, 0.3) is 0 Å². The van der Waals surface area contributed by atoms with Crippen molar-refractivity contribution in [3.05, 3.63) is 24.3 Å². The van der Waals surface area contributed by atoms with Gasteiger partial charge in [-0.2, -0.15) is 0 Å². The Morgan fingerprint density at radius 2 is 2.12 bits per heavy atom. The van der Waals surface area contributed by atoms with Crippen molar-refractivity contribution in [1.82, 2.24) is 5.32 Å². The van der Waals surface area contributed by atoms with E-state index in [0.29, 0.717) is 10.6 Å². The zero-order chi connectivity index (χ0) is 11.3. The first-order chi connectivity index (χ1) is 7.13. The average molecular weight is 263 g/mol. The molecule has 0 radical (unpaired) electrons. The lowest BCUT2D eigenvalue weighted by molar-refractivity contribution is -0.115. The summed E-state index contributed by atoms with van der Waals surface area (Å²) in [6.07, 6.45) is 1.61. The number of hydrogen-bond acceptors (Lipinski definition) is 3. The molecule has 0 bridgehead atoms. The second-order valence-corrected chi connectivity index (χ2v) is 4.44. The van der Waals surface area contributed by atoms with Gasteiger partial charge in [-0.3, -0.25) is 9.00 Å². The van der Waals surface area contributed by atoms with Crippen molar-refractivity contribution in [1.29, 1.82) is 0 Å². The van der Waals surface area contributed by atoms with Crippen molar-refractivity contribution in [3.8, 4) is 0 Å². The van der Waals surface area contributed by atoms with Crippen LogP contribution in [0, 0.1) is 0 Å². The molecule has 0 saturated heterocycles. The predicted octanol–water partition coefficient (Wildman–Crippen LogP) is 1.00. The van der Waals surface area contributed by atoms with Crippen LogP contribution in [0.2, 0.25) is 0 Å². The smallest absolute Gasteiger partial charge is 0.238 e. The van der Waals surface area contributed by atoms with Crippen molar-refractivity contribution in [2.24, 2.45) is 0 Å². The van der Waals surface area contributed by atoms with Gasteiger partial charge in [-0.15, -0.1) is 12.4 Å². The highest BCUT2D eigenvalue weighted by atomic mass is 35.5. The number of nitrogens with one attached hydrogen (secondary N) is 2. The molecule has 1 aromatic rings. The van der Waals surface area contributed by atoms with E-state index in [1.807, 2.05) is 0 Å². The lowest BCUT2D eigenvalue weighted by Crippen LogP contribution is -2.25. The summed E-state index contributed by atoms with van der Waals surface area (Å²) in [6, 6.07) is 7.02. The summed E-state index contributed by atoms with van der Waals surface area (Å²) in [6.45, 7) is 0.263. The van der Waals surface area contributed by atoms with E-state index in [4.69, 9.17) is 0 Å². The number of carbonyl (C=O) groups excluding carboxylic acids is 1. The third-order valence-corrected chi connectivity index (χ3v) is 2.70. The van der Waals surface area contributed by atoms with Crippen LogP contribution in [0.1, 0.15) is 0 Å². The van der Waals surface area contributed by atoms with E-state index < -0.39 is 10.8 Å². The fourth-order valence-corrected chi connectivity index (χ4v) is 1.68. The highest BCUT2D eigenvalue weighted by molar-refractivity contribution is 7.84. The fourth-order valence-electron chi connectivity index (χ4n) is 1.12. The molecule has 1 amide bonds. The molecule has 6 heteroatoms. The molecule has 1 atom stereocenters. The summed E-state index contributed by atoms with van der Waals surface area (Å²) >= 11 is 0. The Kier molecular flexibility index (Phi) is 6.96. The number of anilines is 1. The Bertz CT molecular complexity index is 385. The van der Waals surface area contributed by atoms with E-state index in [1.165, 1.54) is 0 Å². The minimum Gasteiger partial charge on any atom is -0.325 e. The first kappa shape index (κ1) is 15.1. The molecule has 2 N–H and O–H groups in total. The lowest BCUT2D eigenvalue weighted by atomic mass is 10.3. The number of rotatable bonds is 4. The monoisotopic (exact) mass is 262 g/mol. The molecule has 1 aromatic carbocycles. The Labute approximate surface area is 104 Å². The van der Waals surface area contributed by atoms with Crippen molar-refractivity contribution in [3.63, 3.8) is 0 Å². The minimum atomic E-state index is -1.02. The zero-order valence-electron chi connectivity index (χ0n) is 9.15. The molecule has 0 heterocycles. The van der Waals surface area contributed by atoms with Crippen molar-refractivity contribution >= 4 is 34.8 Å². The third kappa shape index (κ3) is 4.74. The molecule has 0 aliphatic carbocycles. The maximum atomic E-state index is 11.2. The molecule has 16 heavy (non-hydrogen) atoms. The van der Waals surface area contributed by atoms with Gasteiger partial charge in [0.05, 0.1) is 6.54 Å². The lowest BCUT2D eigenvalue weighted by Gasteiger charge is -2.05. The van der Waals surface area contributed by atoms with Crippen molar-refractivity contribution < 1.29 is 9.00 Å². The quantitative estimate of drug-likeness (QED) is 0.851. The van der Waals surface area contributed by atoms with Crippen LogP contribution in [-0.2, 0) is 15.6 Å². The van der Waals surface area contributed by atoms with Gasteiger partial charge in [0.15, 0.2) is 0 Å². The number of halogens is 1. The second kappa shape index (κ2) is 7.38. The molecule has 0 aromatic heterocycles. The van der Waals surface area contributed by atoms with E-state index in [-0.39, 0.29) is 24.9 Å². The van der Waals surface area contributed by atoms with Gasteiger partial charge in [-0.05, 0) is 25.2 Å². The largest absolute Gasteiger partial charge is 0.325 e. The summed E-state index contributed by atoms with van der Waals surface area (Å²) in [5.41, 5.74) is 0.669. The number of likely N-dealkylation sites (N-methyl/N-ethyl adjacent to an activating group) is 1. The molecule has 0 fully saturated rings. The summed E-state index contributed by atoms with van der Waals surface area (Å²) in [5, 5.41) is 5.46. The van der Waals surface area contributed by atoms with E-state index in [9.17, 15) is 9.00 Å². The molecule has 0 aliphatic rings. The molecule has 90 valence electrons. The maximum Gasteiger partial charge on any atom is 0.238 e. The van der Waals surface area contributed by atoms with Gasteiger partial charge in [0, 0.05) is 27.6 Å². The van der Waals surface area contributed by atoms with Crippen molar-refractivity contribution in [2.75, 3.05) is 25.2 Å². The van der Waals surface area contributed by atoms with Crippen LogP contribution < -0.4 is 10.6 Å². The fraction of sp³-hybridized carbons (Fsp3) is 0.300. The molecule has 4 nitrogen and oxygen atoms in total. The number of benzene rings is 1. The normalized spacial score (nSPS) is 11.4. The van der Waals surface area contributed by atoms with E-state index in [0.717, 1.165) is 0 Å². The molecule has 1 unspecified atom stereocenters. The molecule has 0 spiro atoms. The topological polar surface area (TPSA) is 58.2 Å². The van der Waals surface area contributed by atoms with Gasteiger partial charge in [-0.25, -0.2) is 0 Å². The maximum absolute atomic E-state index is 11.2. The van der Waals surface area contributed by atoms with E-state index in [1.54, 1.807) is 37.6 Å².